The monoisotopic (exact) mass is 451 g/mol. The van der Waals surface area contributed by atoms with E-state index in [4.69, 9.17) is 4.74 Å². The third-order valence-electron chi connectivity index (χ3n) is 5.89. The molecule has 2 amide bonds. The summed E-state index contributed by atoms with van der Waals surface area (Å²) in [4.78, 5) is 39.6. The second-order valence-corrected chi connectivity index (χ2v) is 7.79. The van der Waals surface area contributed by atoms with Gasteiger partial charge in [-0.15, -0.1) is 0 Å². The van der Waals surface area contributed by atoms with Crippen molar-refractivity contribution in [1.82, 2.24) is 14.8 Å². The molecule has 2 bridgehead atoms. The van der Waals surface area contributed by atoms with Gasteiger partial charge in [0.2, 0.25) is 5.43 Å². The van der Waals surface area contributed by atoms with Crippen LogP contribution in [0, 0.1) is 17.5 Å². The number of hydrogen-bond acceptors (Lipinski definition) is 5. The quantitative estimate of drug-likeness (QED) is 0.737. The van der Waals surface area contributed by atoms with Crippen LogP contribution in [0.1, 0.15) is 45.3 Å². The standard InChI is InChI=1S/C21H20F3N3O5/c1-32-12-2-3-26-8-11(6-12)27-9-14(18(28)19(29)17(27)21(26)31)20(30)25-7-13-15(23)4-10(22)5-16(13)24/h4-5,9,11-12,29H,2-3,6-8H2,1H3,(H,25,30)/t11-,12-/m0/s1. The molecule has 2 aromatic rings. The number of methoxy groups -OCH3 is 1. The molecule has 2 N–H and O–H groups in total. The number of amides is 2. The number of nitrogens with one attached hydrogen (secondary N) is 1. The van der Waals surface area contributed by atoms with Crippen molar-refractivity contribution in [3.8, 4) is 5.75 Å². The minimum absolute atomic E-state index is 0.160. The fraction of sp³-hybridized carbons (Fsp3) is 0.381. The summed E-state index contributed by atoms with van der Waals surface area (Å²) in [6, 6.07) is 0.597. The molecule has 11 heteroatoms. The van der Waals surface area contributed by atoms with Crippen molar-refractivity contribution in [2.75, 3.05) is 20.2 Å². The molecule has 1 aromatic carbocycles. The van der Waals surface area contributed by atoms with Crippen molar-refractivity contribution in [2.24, 2.45) is 0 Å². The predicted octanol–water partition coefficient (Wildman–Crippen LogP) is 1.71. The minimum Gasteiger partial charge on any atom is -0.503 e. The van der Waals surface area contributed by atoms with Crippen LogP contribution in [0.4, 0.5) is 13.2 Å². The topological polar surface area (TPSA) is 101 Å². The van der Waals surface area contributed by atoms with Crippen LogP contribution in [0.25, 0.3) is 0 Å². The van der Waals surface area contributed by atoms with Gasteiger partial charge in [0.15, 0.2) is 11.4 Å². The molecule has 8 nitrogen and oxygen atoms in total. The highest BCUT2D eigenvalue weighted by Crippen LogP contribution is 2.32. The Morgan fingerprint density at radius 1 is 1.25 bits per heavy atom. The summed E-state index contributed by atoms with van der Waals surface area (Å²) >= 11 is 0. The van der Waals surface area contributed by atoms with E-state index in [1.807, 2.05) is 0 Å². The van der Waals surface area contributed by atoms with E-state index in [-0.39, 0.29) is 17.8 Å². The summed E-state index contributed by atoms with van der Waals surface area (Å²) in [5.41, 5.74) is -2.37. The molecule has 1 fully saturated rings. The molecule has 1 aromatic heterocycles. The van der Waals surface area contributed by atoms with Gasteiger partial charge in [-0.1, -0.05) is 0 Å². The lowest BCUT2D eigenvalue weighted by molar-refractivity contribution is 0.0677. The Labute approximate surface area is 180 Å². The first-order valence-electron chi connectivity index (χ1n) is 9.93. The molecule has 1 saturated heterocycles. The molecular formula is C21H20F3N3O5. The molecule has 0 aliphatic carbocycles. The lowest BCUT2D eigenvalue weighted by Gasteiger charge is -2.34. The van der Waals surface area contributed by atoms with E-state index in [0.717, 1.165) is 0 Å². The molecule has 170 valence electrons. The average molecular weight is 451 g/mol. The summed E-state index contributed by atoms with van der Waals surface area (Å²) in [7, 11) is 1.55. The van der Waals surface area contributed by atoms with Crippen molar-refractivity contribution in [1.29, 1.82) is 0 Å². The summed E-state index contributed by atoms with van der Waals surface area (Å²) in [5.74, 6) is -5.90. The summed E-state index contributed by atoms with van der Waals surface area (Å²) in [5, 5.41) is 12.7. The van der Waals surface area contributed by atoms with Crippen molar-refractivity contribution >= 4 is 11.8 Å². The van der Waals surface area contributed by atoms with Gasteiger partial charge in [0, 0.05) is 50.6 Å². The number of hydrogen-bond donors (Lipinski definition) is 2. The van der Waals surface area contributed by atoms with E-state index in [1.54, 1.807) is 7.11 Å². The Balaban J connectivity index is 1.67. The number of benzene rings is 1. The molecule has 3 heterocycles. The van der Waals surface area contributed by atoms with Crippen molar-refractivity contribution in [3.63, 3.8) is 0 Å². The molecule has 2 aliphatic heterocycles. The van der Waals surface area contributed by atoms with Crippen molar-refractivity contribution in [2.45, 2.75) is 31.5 Å². The SMILES string of the molecule is CO[C@H]1CCN2C[C@H](C1)n1cc(C(=O)NCc3c(F)cc(F)cc3F)c(=O)c(O)c1C2=O. The maximum atomic E-state index is 13.8. The molecule has 32 heavy (non-hydrogen) atoms. The van der Waals surface area contributed by atoms with Crippen LogP contribution in [0.5, 0.6) is 5.75 Å². The molecule has 0 unspecified atom stereocenters. The third kappa shape index (κ3) is 3.72. The first-order valence-corrected chi connectivity index (χ1v) is 9.93. The number of pyridine rings is 1. The number of fused-ring (bicyclic) bond motifs is 4. The second-order valence-electron chi connectivity index (χ2n) is 7.79. The van der Waals surface area contributed by atoms with Gasteiger partial charge < -0.3 is 24.6 Å². The molecule has 0 radical (unpaired) electrons. The molecule has 4 rings (SSSR count). The zero-order valence-corrected chi connectivity index (χ0v) is 17.0. The second kappa shape index (κ2) is 8.30. The van der Waals surface area contributed by atoms with Gasteiger partial charge in [-0.25, -0.2) is 13.2 Å². The number of aromatic nitrogens is 1. The number of aromatic hydroxyl groups is 1. The number of ether oxygens (including phenoxy) is 1. The van der Waals surface area contributed by atoms with Crippen LogP contribution in [0.15, 0.2) is 23.1 Å². The van der Waals surface area contributed by atoms with Crippen LogP contribution < -0.4 is 10.7 Å². The fourth-order valence-corrected chi connectivity index (χ4v) is 4.18. The predicted molar refractivity (Wildman–Crippen MR) is 105 cm³/mol. The molecule has 0 saturated carbocycles. The number of carbonyl (C=O) groups excluding carboxylic acids is 2. The zero-order chi connectivity index (χ0) is 23.2. The van der Waals surface area contributed by atoms with Crippen molar-refractivity contribution in [3.05, 3.63) is 62.8 Å². The first-order chi connectivity index (χ1) is 15.2. The minimum atomic E-state index is -1.19. The van der Waals surface area contributed by atoms with Gasteiger partial charge in [-0.3, -0.25) is 14.4 Å². The van der Waals surface area contributed by atoms with Crippen LogP contribution in [-0.4, -0.2) is 52.7 Å². The maximum Gasteiger partial charge on any atom is 0.274 e. The Bertz CT molecular complexity index is 1140. The zero-order valence-electron chi connectivity index (χ0n) is 17.0. The Hall–Kier alpha value is -3.34. The van der Waals surface area contributed by atoms with Crippen LogP contribution in [0.3, 0.4) is 0 Å². The van der Waals surface area contributed by atoms with Gasteiger partial charge in [0.1, 0.15) is 23.0 Å². The number of rotatable bonds is 4. The normalized spacial score (nSPS) is 20.0. The molecule has 2 aliphatic rings. The number of halogens is 3. The van der Waals surface area contributed by atoms with Crippen LogP contribution >= 0.6 is 0 Å². The summed E-state index contributed by atoms with van der Waals surface area (Å²) < 4.78 is 47.6. The van der Waals surface area contributed by atoms with Crippen LogP contribution in [0.2, 0.25) is 0 Å². The van der Waals surface area contributed by atoms with E-state index >= 15 is 0 Å². The van der Waals surface area contributed by atoms with Gasteiger partial charge in [-0.2, -0.15) is 0 Å². The van der Waals surface area contributed by atoms with E-state index in [9.17, 15) is 32.7 Å². The molecule has 0 spiro atoms. The lowest BCUT2D eigenvalue weighted by Crippen LogP contribution is -2.44. The molecular weight excluding hydrogens is 431 g/mol. The van der Waals surface area contributed by atoms with E-state index in [0.29, 0.717) is 38.1 Å². The highest BCUT2D eigenvalue weighted by molar-refractivity contribution is 5.99. The van der Waals surface area contributed by atoms with E-state index in [1.165, 1.54) is 15.7 Å². The Morgan fingerprint density at radius 2 is 1.94 bits per heavy atom. The fourth-order valence-electron chi connectivity index (χ4n) is 4.18. The van der Waals surface area contributed by atoms with E-state index < -0.39 is 58.1 Å². The van der Waals surface area contributed by atoms with E-state index in [2.05, 4.69) is 5.32 Å². The Morgan fingerprint density at radius 3 is 2.59 bits per heavy atom. The van der Waals surface area contributed by atoms with Gasteiger partial charge in [0.25, 0.3) is 11.8 Å². The summed E-state index contributed by atoms with van der Waals surface area (Å²) in [6.45, 7) is 0.0696. The average Bonchev–Trinajstić information content (AvgIpc) is 2.94. The highest BCUT2D eigenvalue weighted by atomic mass is 19.1. The van der Waals surface area contributed by atoms with Crippen LogP contribution in [-0.2, 0) is 11.3 Å². The third-order valence-corrected chi connectivity index (χ3v) is 5.89. The largest absolute Gasteiger partial charge is 0.503 e. The lowest BCUT2D eigenvalue weighted by atomic mass is 10.0. The maximum absolute atomic E-state index is 13.8. The number of nitrogens with zero attached hydrogens (tertiary/aromatic N) is 2. The molecule has 2 atom stereocenters. The first kappa shape index (κ1) is 21.9. The smallest absolute Gasteiger partial charge is 0.274 e. The van der Waals surface area contributed by atoms with Crippen molar-refractivity contribution < 1.29 is 32.6 Å². The Kier molecular flexibility index (Phi) is 5.68. The number of carbonyl (C=O) groups is 2. The highest BCUT2D eigenvalue weighted by Gasteiger charge is 2.38. The van der Waals surface area contributed by atoms with Gasteiger partial charge >= 0.3 is 0 Å². The summed E-state index contributed by atoms with van der Waals surface area (Å²) in [6.07, 6.45) is 2.08. The van der Waals surface area contributed by atoms with Gasteiger partial charge in [-0.05, 0) is 12.8 Å². The van der Waals surface area contributed by atoms with Gasteiger partial charge in [0.05, 0.1) is 12.1 Å².